The molecule has 6 heteroatoms. The molecule has 2 aliphatic rings. The molecule has 6 aromatic rings. The van der Waals surface area contributed by atoms with E-state index < -0.39 is 0 Å². The van der Waals surface area contributed by atoms with Crippen molar-refractivity contribution in [1.29, 1.82) is 0 Å². The van der Waals surface area contributed by atoms with Gasteiger partial charge in [-0.3, -0.25) is 0 Å². The smallest absolute Gasteiger partial charge is 0.0153 e. The fourth-order valence-electron chi connectivity index (χ4n) is 5.19. The van der Waals surface area contributed by atoms with Gasteiger partial charge in [-0.2, -0.15) is 54.6 Å². The zero-order chi connectivity index (χ0) is 35.2. The number of rotatable bonds is 8. The van der Waals surface area contributed by atoms with E-state index >= 15 is 0 Å². The minimum atomic E-state index is 0. The van der Waals surface area contributed by atoms with E-state index in [1.165, 1.54) is 22.3 Å². The van der Waals surface area contributed by atoms with Crippen LogP contribution in [0.15, 0.2) is 212 Å². The summed E-state index contributed by atoms with van der Waals surface area (Å²) in [5.41, 5.74) is 5.30. The molecule has 4 nitrogen and oxygen atoms in total. The summed E-state index contributed by atoms with van der Waals surface area (Å²) < 4.78 is 0. The van der Waals surface area contributed by atoms with E-state index in [9.17, 15) is 0 Å². The van der Waals surface area contributed by atoms with Gasteiger partial charge in [0.2, 0.25) is 0 Å². The summed E-state index contributed by atoms with van der Waals surface area (Å²) in [7, 11) is 0. The zero-order valence-electron chi connectivity index (χ0n) is 30.1. The van der Waals surface area contributed by atoms with Crippen LogP contribution in [0, 0.1) is 26.8 Å². The number of benzene rings is 6. The second kappa shape index (κ2) is 24.8. The van der Waals surface area contributed by atoms with Crippen molar-refractivity contribution in [3.63, 3.8) is 0 Å². The maximum atomic E-state index is 4.81. The van der Waals surface area contributed by atoms with Gasteiger partial charge in [0.05, 0.1) is 0 Å². The number of nitrogens with zero attached hydrogens (tertiary/aromatic N) is 4. The van der Waals surface area contributed by atoms with Gasteiger partial charge in [0.15, 0.2) is 0 Å². The van der Waals surface area contributed by atoms with Gasteiger partial charge < -0.3 is 39.7 Å². The molecule has 0 saturated carbocycles. The molecule has 276 valence electrons. The fourth-order valence-corrected chi connectivity index (χ4v) is 5.35. The van der Waals surface area contributed by atoms with Crippen LogP contribution >= 0.6 is 0 Å². The average molecular weight is 759 g/mol. The predicted octanol–water partition coefficient (Wildman–Crippen LogP) is 10.7. The summed E-state index contributed by atoms with van der Waals surface area (Å²) in [5, 5.41) is 0. The summed E-state index contributed by atoms with van der Waals surface area (Å²) in [4.78, 5) is 9.73. The molecular formula is C47H47N4NiS-5. The van der Waals surface area contributed by atoms with E-state index in [4.69, 9.17) is 12.6 Å². The molecule has 0 aliphatic carbocycles. The second-order valence-electron chi connectivity index (χ2n) is 11.8. The van der Waals surface area contributed by atoms with Gasteiger partial charge in [0.25, 0.3) is 0 Å². The minimum absolute atomic E-state index is 0. The topological polar surface area (TPSA) is 13.0 Å². The van der Waals surface area contributed by atoms with E-state index in [0.29, 0.717) is 0 Å². The summed E-state index contributed by atoms with van der Waals surface area (Å²) >= 11 is 4.81. The Hall–Kier alpha value is -5.29. The van der Waals surface area contributed by atoms with Crippen molar-refractivity contribution in [3.8, 4) is 0 Å². The quantitative estimate of drug-likeness (QED) is 0.0868. The molecular weight excluding hydrogens is 711 g/mol. The Balaban J connectivity index is 0.000000208. The van der Waals surface area contributed by atoms with Crippen LogP contribution in [0.25, 0.3) is 0 Å². The van der Waals surface area contributed by atoms with Crippen LogP contribution in [-0.2, 0) is 55.3 Å². The van der Waals surface area contributed by atoms with Crippen LogP contribution in [0.5, 0.6) is 0 Å². The third-order valence-corrected chi connectivity index (χ3v) is 7.95. The number of hydrogen-bond acceptors (Lipinski definition) is 5. The first-order valence-electron chi connectivity index (χ1n) is 17.1. The predicted molar refractivity (Wildman–Crippen MR) is 219 cm³/mol. The van der Waals surface area contributed by atoms with Crippen molar-refractivity contribution in [2.45, 2.75) is 31.1 Å². The van der Waals surface area contributed by atoms with Gasteiger partial charge in [-0.15, -0.1) is 0 Å². The van der Waals surface area contributed by atoms with Gasteiger partial charge in [-0.1, -0.05) is 152 Å². The zero-order valence-corrected chi connectivity index (χ0v) is 31.9. The summed E-state index contributed by atoms with van der Waals surface area (Å²) in [6, 6.07) is 64.2. The van der Waals surface area contributed by atoms with E-state index in [-0.39, 0.29) is 23.9 Å². The Morgan fingerprint density at radius 3 is 0.811 bits per heavy atom. The molecule has 8 rings (SSSR count). The largest absolute Gasteiger partial charge is 0.780 e. The van der Waals surface area contributed by atoms with Gasteiger partial charge in [0.1, 0.15) is 0 Å². The average Bonchev–Trinajstić information content (AvgIpc) is 3.83. The van der Waals surface area contributed by atoms with Gasteiger partial charge in [-0.05, 0) is 47.1 Å². The van der Waals surface area contributed by atoms with Crippen molar-refractivity contribution < 1.29 is 16.5 Å². The fraction of sp³-hybridized carbons (Fsp3) is 0.0851. The Labute approximate surface area is 334 Å². The Morgan fingerprint density at radius 1 is 0.377 bits per heavy atom. The molecule has 0 fully saturated rings. The van der Waals surface area contributed by atoms with E-state index in [1.54, 1.807) is 0 Å². The van der Waals surface area contributed by atoms with Crippen LogP contribution in [0.1, 0.15) is 22.3 Å². The number of hydrogen-bond donors (Lipinski definition) is 0. The molecule has 53 heavy (non-hydrogen) atoms. The first-order valence-corrected chi connectivity index (χ1v) is 17.5. The van der Waals surface area contributed by atoms with Gasteiger partial charge in [-0.25, -0.2) is 0 Å². The molecule has 0 bridgehead atoms. The van der Waals surface area contributed by atoms with Crippen LogP contribution in [0.3, 0.4) is 0 Å². The normalized spacial score (nSPS) is 12.2. The molecule has 0 unspecified atom stereocenters. The van der Waals surface area contributed by atoms with Crippen molar-refractivity contribution in [3.05, 3.63) is 256 Å². The molecule has 2 aliphatic heterocycles. The Bertz CT molecular complexity index is 1580. The molecule has 0 spiro atoms. The molecule has 2 heterocycles. The maximum absolute atomic E-state index is 4.81. The molecule has 0 saturated heterocycles. The van der Waals surface area contributed by atoms with E-state index in [2.05, 4.69) is 185 Å². The monoisotopic (exact) mass is 757 g/mol. The first-order chi connectivity index (χ1) is 25.2. The minimum Gasteiger partial charge on any atom is -0.780 e. The summed E-state index contributed by atoms with van der Waals surface area (Å²) in [5.74, 6) is 0. The summed E-state index contributed by atoms with van der Waals surface area (Å²) in [6.45, 7) is 7.98. The second-order valence-corrected chi connectivity index (χ2v) is 12.3. The molecule has 6 aromatic carbocycles. The molecule has 0 aromatic heterocycles. The standard InChI is InChI=1S/2C17H17N2.C6H6S.C6H5.CH3.Ni/c2*1-3-7-16(8-4-1)13-18-11-12-19(15-18)14-17-9-5-2-6-10-17;7-6-4-2-1-3-5-6;1-2-4-6-5-3-1;;/h2*1-12,15H,13-14H2;1-5,7H;1-5H;1H3;/q2*-1;;2*-1;/p-1. The van der Waals surface area contributed by atoms with Crippen molar-refractivity contribution in [1.82, 2.24) is 19.6 Å². The van der Waals surface area contributed by atoms with E-state index in [1.807, 2.05) is 60.7 Å². The third kappa shape index (κ3) is 16.7. The summed E-state index contributed by atoms with van der Waals surface area (Å²) in [6.07, 6.45) is 8.48. The third-order valence-electron chi connectivity index (χ3n) is 7.67. The van der Waals surface area contributed by atoms with Crippen LogP contribution in [0.2, 0.25) is 0 Å². The van der Waals surface area contributed by atoms with Gasteiger partial charge >= 0.3 is 0 Å². The van der Waals surface area contributed by atoms with Crippen molar-refractivity contribution in [2.24, 2.45) is 0 Å². The van der Waals surface area contributed by atoms with E-state index in [0.717, 1.165) is 31.1 Å². The van der Waals surface area contributed by atoms with Crippen LogP contribution in [0.4, 0.5) is 0 Å². The Kier molecular flexibility index (Phi) is 19.7. The molecule has 0 atom stereocenters. The van der Waals surface area contributed by atoms with Gasteiger partial charge in [0, 0.05) is 42.7 Å². The first kappa shape index (κ1) is 42.1. The van der Waals surface area contributed by atoms with Crippen molar-refractivity contribution >= 4 is 12.6 Å². The molecule has 0 N–H and O–H groups in total. The van der Waals surface area contributed by atoms with Crippen LogP contribution in [-0.4, -0.2) is 19.6 Å². The molecule has 0 radical (unpaired) electrons. The maximum Gasteiger partial charge on any atom is 0.0153 e. The SMILES string of the molecule is C1=CN(Cc2ccccc2)[CH-]N1Cc1ccccc1.C1=CN(Cc2ccccc2)[CH-]N1Cc1ccccc1.[CH3-].[Ni].[S-]c1ccccc1.[c-]1ccccc1. The van der Waals surface area contributed by atoms with Crippen molar-refractivity contribution in [2.75, 3.05) is 0 Å². The molecule has 0 amide bonds. The van der Waals surface area contributed by atoms with Crippen LogP contribution < -0.4 is 0 Å². The Morgan fingerprint density at radius 2 is 0.623 bits per heavy atom.